The molecule has 2 aliphatic carbocycles. The van der Waals surface area contributed by atoms with Crippen molar-refractivity contribution in [1.82, 2.24) is 0 Å². The zero-order valence-corrected chi connectivity index (χ0v) is 7.79. The van der Waals surface area contributed by atoms with Crippen molar-refractivity contribution in [2.24, 2.45) is 23.0 Å². The Kier molecular flexibility index (Phi) is 1.92. The van der Waals surface area contributed by atoms with Gasteiger partial charge < -0.3 is 10.8 Å². The Bertz CT molecular complexity index is 175. The van der Waals surface area contributed by atoms with Crippen LogP contribution in [0.3, 0.4) is 0 Å². The third-order valence-electron chi connectivity index (χ3n) is 4.07. The monoisotopic (exact) mass is 169 g/mol. The summed E-state index contributed by atoms with van der Waals surface area (Å²) in [5, 5.41) is 10.0. The molecule has 2 nitrogen and oxygen atoms in total. The highest BCUT2D eigenvalue weighted by atomic mass is 16.3. The minimum absolute atomic E-state index is 0.105. The summed E-state index contributed by atoms with van der Waals surface area (Å²) in [4.78, 5) is 0. The number of aliphatic hydroxyl groups excluding tert-OH is 1. The van der Waals surface area contributed by atoms with Crippen molar-refractivity contribution >= 4 is 0 Å². The lowest BCUT2D eigenvalue weighted by Gasteiger charge is -2.35. The molecule has 0 aromatic rings. The molecule has 2 rings (SSSR count). The van der Waals surface area contributed by atoms with Crippen LogP contribution in [0.25, 0.3) is 0 Å². The molecule has 2 fully saturated rings. The van der Waals surface area contributed by atoms with E-state index in [0.717, 1.165) is 6.42 Å². The molecule has 0 spiro atoms. The van der Waals surface area contributed by atoms with E-state index in [9.17, 15) is 5.11 Å². The molecule has 0 amide bonds. The second-order valence-corrected chi connectivity index (χ2v) is 4.68. The van der Waals surface area contributed by atoms with E-state index in [2.05, 4.69) is 6.92 Å². The maximum atomic E-state index is 10.0. The normalized spacial score (nSPS) is 43.8. The molecule has 0 aromatic carbocycles. The standard InChI is InChI=1S/C10H19NO/c1-7-5-10(7,6-11)9(12)8-3-2-4-8/h7-9,12H,2-6,11H2,1H3/t7-,9-,10+/m1/s1. The SMILES string of the molecule is C[C@@H]1C[C@@]1(CN)[C@H](O)C1CCC1. The molecule has 12 heavy (non-hydrogen) atoms. The molecule has 0 aliphatic heterocycles. The number of aliphatic hydroxyl groups is 1. The summed E-state index contributed by atoms with van der Waals surface area (Å²) in [6, 6.07) is 0. The van der Waals surface area contributed by atoms with Crippen molar-refractivity contribution in [2.75, 3.05) is 6.54 Å². The van der Waals surface area contributed by atoms with Gasteiger partial charge in [0.1, 0.15) is 0 Å². The highest BCUT2D eigenvalue weighted by molar-refractivity contribution is 5.07. The molecule has 0 heterocycles. The van der Waals surface area contributed by atoms with E-state index in [0.29, 0.717) is 18.4 Å². The van der Waals surface area contributed by atoms with E-state index in [-0.39, 0.29) is 11.5 Å². The summed E-state index contributed by atoms with van der Waals surface area (Å²) in [6.07, 6.45) is 4.77. The Morgan fingerprint density at radius 1 is 1.58 bits per heavy atom. The third-order valence-corrected chi connectivity index (χ3v) is 4.07. The summed E-state index contributed by atoms with van der Waals surface area (Å²) >= 11 is 0. The quantitative estimate of drug-likeness (QED) is 0.665. The Labute approximate surface area is 74.1 Å². The van der Waals surface area contributed by atoms with Crippen molar-refractivity contribution < 1.29 is 5.11 Å². The van der Waals surface area contributed by atoms with Crippen LogP contribution in [0.1, 0.15) is 32.6 Å². The van der Waals surface area contributed by atoms with Gasteiger partial charge in [-0.05, 0) is 31.1 Å². The fraction of sp³-hybridized carbons (Fsp3) is 1.00. The highest BCUT2D eigenvalue weighted by Crippen LogP contribution is 2.57. The maximum absolute atomic E-state index is 10.0. The fourth-order valence-corrected chi connectivity index (χ4v) is 2.55. The molecule has 0 aromatic heterocycles. The van der Waals surface area contributed by atoms with Crippen LogP contribution in [0.15, 0.2) is 0 Å². The Morgan fingerprint density at radius 2 is 2.17 bits per heavy atom. The number of rotatable bonds is 3. The lowest BCUT2D eigenvalue weighted by atomic mass is 9.74. The molecule has 2 heteroatoms. The second-order valence-electron chi connectivity index (χ2n) is 4.68. The second kappa shape index (κ2) is 2.71. The minimum Gasteiger partial charge on any atom is -0.392 e. The molecule has 70 valence electrons. The van der Waals surface area contributed by atoms with E-state index in [1.54, 1.807) is 0 Å². The molecule has 0 unspecified atom stereocenters. The van der Waals surface area contributed by atoms with Crippen LogP contribution in [-0.2, 0) is 0 Å². The van der Waals surface area contributed by atoms with Gasteiger partial charge in [0.15, 0.2) is 0 Å². The first kappa shape index (κ1) is 8.52. The summed E-state index contributed by atoms with van der Waals surface area (Å²) in [5.74, 6) is 1.22. The smallest absolute Gasteiger partial charge is 0.0639 e. The minimum atomic E-state index is -0.105. The lowest BCUT2D eigenvalue weighted by Crippen LogP contribution is -2.39. The zero-order chi connectivity index (χ0) is 8.77. The van der Waals surface area contributed by atoms with Crippen molar-refractivity contribution in [1.29, 1.82) is 0 Å². The lowest BCUT2D eigenvalue weighted by molar-refractivity contribution is 0.000717. The number of hydrogen-bond donors (Lipinski definition) is 2. The van der Waals surface area contributed by atoms with Gasteiger partial charge in [-0.15, -0.1) is 0 Å². The van der Waals surface area contributed by atoms with Gasteiger partial charge in [-0.1, -0.05) is 13.3 Å². The molecule has 3 atom stereocenters. The summed E-state index contributed by atoms with van der Waals surface area (Å²) in [6.45, 7) is 2.88. The van der Waals surface area contributed by atoms with Crippen LogP contribution in [0.4, 0.5) is 0 Å². The Balaban J connectivity index is 1.97. The fourth-order valence-electron chi connectivity index (χ4n) is 2.55. The number of hydrogen-bond acceptors (Lipinski definition) is 2. The van der Waals surface area contributed by atoms with Crippen molar-refractivity contribution in [2.45, 2.75) is 38.7 Å². The van der Waals surface area contributed by atoms with Crippen LogP contribution in [0, 0.1) is 17.3 Å². The van der Waals surface area contributed by atoms with Crippen LogP contribution in [-0.4, -0.2) is 17.8 Å². The van der Waals surface area contributed by atoms with Gasteiger partial charge in [0, 0.05) is 12.0 Å². The predicted molar refractivity (Wildman–Crippen MR) is 48.6 cm³/mol. The average molecular weight is 169 g/mol. The zero-order valence-electron chi connectivity index (χ0n) is 7.79. The van der Waals surface area contributed by atoms with Crippen LogP contribution in [0.5, 0.6) is 0 Å². The van der Waals surface area contributed by atoms with E-state index < -0.39 is 0 Å². The van der Waals surface area contributed by atoms with E-state index in [4.69, 9.17) is 5.73 Å². The van der Waals surface area contributed by atoms with Gasteiger partial charge in [0.05, 0.1) is 6.10 Å². The number of nitrogens with two attached hydrogens (primary N) is 1. The van der Waals surface area contributed by atoms with Gasteiger partial charge >= 0.3 is 0 Å². The molecule has 0 radical (unpaired) electrons. The van der Waals surface area contributed by atoms with Gasteiger partial charge in [-0.25, -0.2) is 0 Å². The van der Waals surface area contributed by atoms with Gasteiger partial charge in [0.25, 0.3) is 0 Å². The first-order valence-electron chi connectivity index (χ1n) is 5.09. The topological polar surface area (TPSA) is 46.2 Å². The summed E-state index contributed by atoms with van der Waals surface area (Å²) in [7, 11) is 0. The van der Waals surface area contributed by atoms with Gasteiger partial charge in [0.2, 0.25) is 0 Å². The first-order chi connectivity index (χ1) is 5.70. The van der Waals surface area contributed by atoms with E-state index in [1.165, 1.54) is 19.3 Å². The highest BCUT2D eigenvalue weighted by Gasteiger charge is 2.57. The molecule has 0 bridgehead atoms. The molecular formula is C10H19NO. The average Bonchev–Trinajstić information content (AvgIpc) is 2.59. The molecule has 3 N–H and O–H groups in total. The molecular weight excluding hydrogens is 150 g/mol. The maximum Gasteiger partial charge on any atom is 0.0639 e. The summed E-state index contributed by atoms with van der Waals surface area (Å²) in [5.41, 5.74) is 5.83. The van der Waals surface area contributed by atoms with Crippen molar-refractivity contribution in [3.05, 3.63) is 0 Å². The van der Waals surface area contributed by atoms with Crippen LogP contribution in [0.2, 0.25) is 0 Å². The Morgan fingerprint density at radius 3 is 2.42 bits per heavy atom. The van der Waals surface area contributed by atoms with Crippen LogP contribution < -0.4 is 5.73 Å². The van der Waals surface area contributed by atoms with Gasteiger partial charge in [-0.3, -0.25) is 0 Å². The van der Waals surface area contributed by atoms with E-state index >= 15 is 0 Å². The van der Waals surface area contributed by atoms with Crippen molar-refractivity contribution in [3.8, 4) is 0 Å². The molecule has 0 saturated heterocycles. The summed E-state index contributed by atoms with van der Waals surface area (Å²) < 4.78 is 0. The van der Waals surface area contributed by atoms with Crippen LogP contribution >= 0.6 is 0 Å². The predicted octanol–water partition coefficient (Wildman–Crippen LogP) is 1.13. The third kappa shape index (κ3) is 1.01. The Hall–Kier alpha value is -0.0800. The molecule has 2 saturated carbocycles. The molecule has 2 aliphatic rings. The first-order valence-corrected chi connectivity index (χ1v) is 5.09. The largest absolute Gasteiger partial charge is 0.392 e. The van der Waals surface area contributed by atoms with Gasteiger partial charge in [-0.2, -0.15) is 0 Å². The van der Waals surface area contributed by atoms with Crippen molar-refractivity contribution in [3.63, 3.8) is 0 Å². The van der Waals surface area contributed by atoms with E-state index in [1.807, 2.05) is 0 Å².